The molecule has 2 heterocycles. The number of fused-ring (bicyclic) bond motifs is 1. The minimum absolute atomic E-state index is 0.1000. The lowest BCUT2D eigenvalue weighted by atomic mass is 10.2. The molecule has 0 aromatic carbocycles. The van der Waals surface area contributed by atoms with Crippen LogP contribution in [-0.2, 0) is 6.42 Å². The molecular weight excluding hydrogens is 206 g/mol. The summed E-state index contributed by atoms with van der Waals surface area (Å²) in [6.07, 6.45) is 5.01. The molecule has 0 aliphatic rings. The molecule has 0 aliphatic heterocycles. The molecule has 0 amide bonds. The summed E-state index contributed by atoms with van der Waals surface area (Å²) in [6, 6.07) is 5.40. The third kappa shape index (κ3) is 2.23. The number of nitrogens with zero attached hydrogens (tertiary/aromatic N) is 1. The Kier molecular flexibility index (Phi) is 3.11. The van der Waals surface area contributed by atoms with Gasteiger partial charge in [-0.05, 0) is 31.0 Å². The largest absolute Gasteiger partial charge is 0.289 e. The maximum atomic E-state index is 11.7. The minimum atomic E-state index is 0.1000. The molecule has 0 N–H and O–H groups in total. The Hall–Kier alpha value is -1.22. The molecule has 2 rings (SSSR count). The van der Waals surface area contributed by atoms with E-state index in [0.717, 1.165) is 34.4 Å². The van der Waals surface area contributed by atoms with E-state index in [2.05, 4.69) is 11.9 Å². The monoisotopic (exact) mass is 219 g/mol. The van der Waals surface area contributed by atoms with Gasteiger partial charge in [0.15, 0.2) is 5.43 Å². The van der Waals surface area contributed by atoms with E-state index < -0.39 is 0 Å². The SMILES string of the molecule is CCCCc1cc(=O)c2cccnc2s1. The first-order valence-corrected chi connectivity index (χ1v) is 6.00. The Balaban J connectivity index is 2.48. The first kappa shape index (κ1) is 10.3. The van der Waals surface area contributed by atoms with Crippen molar-refractivity contribution in [3.63, 3.8) is 0 Å². The number of pyridine rings is 1. The molecule has 0 saturated carbocycles. The van der Waals surface area contributed by atoms with E-state index in [1.165, 1.54) is 0 Å². The van der Waals surface area contributed by atoms with Crippen molar-refractivity contribution in [2.45, 2.75) is 26.2 Å². The summed E-state index contributed by atoms with van der Waals surface area (Å²) in [5.41, 5.74) is 0.1000. The fraction of sp³-hybridized carbons (Fsp3) is 0.333. The summed E-state index contributed by atoms with van der Waals surface area (Å²) in [7, 11) is 0. The van der Waals surface area contributed by atoms with Gasteiger partial charge in [-0.15, -0.1) is 11.3 Å². The summed E-state index contributed by atoms with van der Waals surface area (Å²) in [5.74, 6) is 0. The predicted octanol–water partition coefficient (Wildman–Crippen LogP) is 3.00. The van der Waals surface area contributed by atoms with E-state index in [-0.39, 0.29) is 5.43 Å². The lowest BCUT2D eigenvalue weighted by molar-refractivity contribution is 0.803. The zero-order chi connectivity index (χ0) is 10.7. The molecule has 15 heavy (non-hydrogen) atoms. The molecule has 0 aliphatic carbocycles. The molecule has 2 aromatic rings. The highest BCUT2D eigenvalue weighted by Crippen LogP contribution is 2.17. The van der Waals surface area contributed by atoms with Crippen LogP contribution in [0.25, 0.3) is 10.2 Å². The number of aromatic nitrogens is 1. The van der Waals surface area contributed by atoms with E-state index in [4.69, 9.17) is 0 Å². The van der Waals surface area contributed by atoms with Gasteiger partial charge in [-0.3, -0.25) is 4.79 Å². The van der Waals surface area contributed by atoms with E-state index in [1.807, 2.05) is 12.1 Å². The van der Waals surface area contributed by atoms with Gasteiger partial charge in [0.25, 0.3) is 0 Å². The van der Waals surface area contributed by atoms with Crippen molar-refractivity contribution in [3.05, 3.63) is 39.5 Å². The van der Waals surface area contributed by atoms with Crippen LogP contribution >= 0.6 is 11.3 Å². The summed E-state index contributed by atoms with van der Waals surface area (Å²) in [5, 5.41) is 0.739. The fourth-order valence-electron chi connectivity index (χ4n) is 1.51. The summed E-state index contributed by atoms with van der Waals surface area (Å²) >= 11 is 1.63. The Morgan fingerprint density at radius 2 is 2.33 bits per heavy atom. The van der Waals surface area contributed by atoms with Crippen molar-refractivity contribution < 1.29 is 0 Å². The highest BCUT2D eigenvalue weighted by atomic mass is 32.1. The van der Waals surface area contributed by atoms with Crippen LogP contribution in [0.3, 0.4) is 0 Å². The van der Waals surface area contributed by atoms with E-state index in [0.29, 0.717) is 0 Å². The predicted molar refractivity (Wildman–Crippen MR) is 64.5 cm³/mol. The molecule has 0 unspecified atom stereocenters. The quantitative estimate of drug-likeness (QED) is 0.794. The Labute approximate surface area is 92.6 Å². The average molecular weight is 219 g/mol. The van der Waals surface area contributed by atoms with Crippen LogP contribution in [0, 0.1) is 0 Å². The van der Waals surface area contributed by atoms with Crippen LogP contribution in [0.5, 0.6) is 0 Å². The maximum absolute atomic E-state index is 11.7. The van der Waals surface area contributed by atoms with Gasteiger partial charge < -0.3 is 0 Å². The van der Waals surface area contributed by atoms with Crippen molar-refractivity contribution in [1.82, 2.24) is 4.98 Å². The summed E-state index contributed by atoms with van der Waals surface area (Å²) in [6.45, 7) is 2.15. The maximum Gasteiger partial charge on any atom is 0.189 e. The molecule has 0 radical (unpaired) electrons. The number of hydrogen-bond acceptors (Lipinski definition) is 3. The van der Waals surface area contributed by atoms with Crippen LogP contribution in [-0.4, -0.2) is 4.98 Å². The third-order valence-corrected chi connectivity index (χ3v) is 3.44. The molecular formula is C12H13NOS. The Morgan fingerprint density at radius 1 is 1.47 bits per heavy atom. The van der Waals surface area contributed by atoms with E-state index >= 15 is 0 Å². The van der Waals surface area contributed by atoms with Crippen LogP contribution in [0.15, 0.2) is 29.2 Å². The number of hydrogen-bond donors (Lipinski definition) is 0. The standard InChI is InChI=1S/C12H13NOS/c1-2-3-5-9-8-11(14)10-6-4-7-13-12(10)15-9/h4,6-8H,2-3,5H2,1H3. The van der Waals surface area contributed by atoms with Gasteiger partial charge in [0.2, 0.25) is 0 Å². The lowest BCUT2D eigenvalue weighted by Gasteiger charge is -2.00. The van der Waals surface area contributed by atoms with Crippen LogP contribution in [0.2, 0.25) is 0 Å². The summed E-state index contributed by atoms with van der Waals surface area (Å²) in [4.78, 5) is 18.0. The second-order valence-corrected chi connectivity index (χ2v) is 4.65. The first-order valence-electron chi connectivity index (χ1n) is 5.19. The molecule has 0 fully saturated rings. The number of unbranched alkanes of at least 4 members (excludes halogenated alkanes) is 1. The Morgan fingerprint density at radius 3 is 3.13 bits per heavy atom. The van der Waals surface area contributed by atoms with Gasteiger partial charge in [-0.25, -0.2) is 4.98 Å². The van der Waals surface area contributed by atoms with Gasteiger partial charge in [0.05, 0.1) is 5.39 Å². The number of rotatable bonds is 3. The third-order valence-electron chi connectivity index (χ3n) is 2.33. The fourth-order valence-corrected chi connectivity index (χ4v) is 2.56. The average Bonchev–Trinajstić information content (AvgIpc) is 2.26. The molecule has 2 nitrogen and oxygen atoms in total. The van der Waals surface area contributed by atoms with Crippen molar-refractivity contribution >= 4 is 21.6 Å². The minimum Gasteiger partial charge on any atom is -0.289 e. The van der Waals surface area contributed by atoms with E-state index in [1.54, 1.807) is 23.6 Å². The summed E-state index contributed by atoms with van der Waals surface area (Å²) < 4.78 is 0. The lowest BCUT2D eigenvalue weighted by Crippen LogP contribution is -2.01. The highest BCUT2D eigenvalue weighted by molar-refractivity contribution is 7.17. The molecule has 2 aromatic heterocycles. The van der Waals surface area contributed by atoms with Crippen LogP contribution in [0.4, 0.5) is 0 Å². The molecule has 0 saturated heterocycles. The zero-order valence-corrected chi connectivity index (χ0v) is 9.51. The first-order chi connectivity index (χ1) is 7.31. The van der Waals surface area contributed by atoms with Gasteiger partial charge >= 0.3 is 0 Å². The van der Waals surface area contributed by atoms with Crippen LogP contribution < -0.4 is 5.43 Å². The van der Waals surface area contributed by atoms with Crippen molar-refractivity contribution in [1.29, 1.82) is 0 Å². The molecule has 3 heteroatoms. The smallest absolute Gasteiger partial charge is 0.189 e. The molecule has 0 spiro atoms. The van der Waals surface area contributed by atoms with Gasteiger partial charge in [-0.1, -0.05) is 13.3 Å². The zero-order valence-electron chi connectivity index (χ0n) is 8.69. The van der Waals surface area contributed by atoms with E-state index in [9.17, 15) is 4.79 Å². The van der Waals surface area contributed by atoms with Crippen molar-refractivity contribution in [2.75, 3.05) is 0 Å². The van der Waals surface area contributed by atoms with Gasteiger partial charge in [-0.2, -0.15) is 0 Å². The second-order valence-electron chi connectivity index (χ2n) is 3.54. The van der Waals surface area contributed by atoms with Gasteiger partial charge in [0, 0.05) is 11.1 Å². The normalized spacial score (nSPS) is 10.7. The van der Waals surface area contributed by atoms with Crippen molar-refractivity contribution in [3.8, 4) is 0 Å². The molecule has 0 bridgehead atoms. The Bertz CT molecular complexity index is 518. The second kappa shape index (κ2) is 4.53. The topological polar surface area (TPSA) is 30.0 Å². The van der Waals surface area contributed by atoms with Gasteiger partial charge in [0.1, 0.15) is 4.83 Å². The number of aryl methyl sites for hydroxylation is 1. The van der Waals surface area contributed by atoms with Crippen LogP contribution in [0.1, 0.15) is 24.6 Å². The highest BCUT2D eigenvalue weighted by Gasteiger charge is 2.02. The molecule has 78 valence electrons. The van der Waals surface area contributed by atoms with Crippen molar-refractivity contribution in [2.24, 2.45) is 0 Å². The molecule has 0 atom stereocenters.